The summed E-state index contributed by atoms with van der Waals surface area (Å²) < 4.78 is 0. The van der Waals surface area contributed by atoms with Crippen molar-refractivity contribution in [3.8, 4) is 0 Å². The number of carboxylic acid groups (broad SMARTS) is 2. The molecule has 2 rings (SSSR count). The quantitative estimate of drug-likeness (QED) is 0.628. The van der Waals surface area contributed by atoms with E-state index in [0.29, 0.717) is 6.42 Å². The van der Waals surface area contributed by atoms with Crippen molar-refractivity contribution < 1.29 is 24.6 Å². The van der Waals surface area contributed by atoms with Gasteiger partial charge in [0.15, 0.2) is 0 Å². The Morgan fingerprint density at radius 2 is 2.07 bits per heavy atom. The van der Waals surface area contributed by atoms with Gasteiger partial charge < -0.3 is 15.5 Å². The average Bonchev–Trinajstić information content (AvgIpc) is 2.88. The minimum absolute atomic E-state index is 0.0123. The number of pyridine rings is 1. The van der Waals surface area contributed by atoms with Crippen LogP contribution < -0.4 is 5.32 Å². The third kappa shape index (κ3) is 4.44. The van der Waals surface area contributed by atoms with Crippen LogP contribution in [-0.4, -0.2) is 57.1 Å². The number of carboxylic acids is 2. The number of aliphatic carboxylic acids is 2. The molecule has 8 heteroatoms. The zero-order valence-corrected chi connectivity index (χ0v) is 15.9. The van der Waals surface area contributed by atoms with Crippen LogP contribution >= 0.6 is 0 Å². The highest BCUT2D eigenvalue weighted by Gasteiger charge is 2.57. The molecule has 1 aliphatic heterocycles. The van der Waals surface area contributed by atoms with E-state index in [-0.39, 0.29) is 31.2 Å². The smallest absolute Gasteiger partial charge is 0.324 e. The number of hydrogen-bond donors (Lipinski definition) is 3. The SMILES string of the molecule is CC(C)C[C@@]1(C(=O)O)C[C@H](C(=O)NCCC(=O)O)[C@H](c2cccnc2)N1C. The van der Waals surface area contributed by atoms with Gasteiger partial charge in [0.25, 0.3) is 0 Å². The Bertz CT molecular complexity index is 694. The molecule has 0 spiro atoms. The fourth-order valence-electron chi connectivity index (χ4n) is 4.05. The Labute approximate surface area is 158 Å². The molecule has 8 nitrogen and oxygen atoms in total. The van der Waals surface area contributed by atoms with E-state index < -0.39 is 29.4 Å². The summed E-state index contributed by atoms with van der Waals surface area (Å²) in [5, 5.41) is 21.4. The van der Waals surface area contributed by atoms with Crippen molar-refractivity contribution in [2.75, 3.05) is 13.6 Å². The lowest BCUT2D eigenvalue weighted by molar-refractivity contribution is -0.151. The van der Waals surface area contributed by atoms with E-state index >= 15 is 0 Å². The topological polar surface area (TPSA) is 120 Å². The van der Waals surface area contributed by atoms with Gasteiger partial charge in [-0.3, -0.25) is 24.3 Å². The van der Waals surface area contributed by atoms with Gasteiger partial charge in [0.1, 0.15) is 5.54 Å². The second-order valence-electron chi connectivity index (χ2n) is 7.52. The Morgan fingerprint density at radius 1 is 1.37 bits per heavy atom. The van der Waals surface area contributed by atoms with E-state index in [0.717, 1.165) is 5.56 Å². The molecule has 0 unspecified atom stereocenters. The van der Waals surface area contributed by atoms with Gasteiger partial charge in [-0.05, 0) is 37.4 Å². The molecule has 0 saturated carbocycles. The third-order valence-electron chi connectivity index (χ3n) is 5.18. The zero-order chi connectivity index (χ0) is 20.2. The van der Waals surface area contributed by atoms with Gasteiger partial charge in [-0.2, -0.15) is 0 Å². The lowest BCUT2D eigenvalue weighted by Gasteiger charge is -2.36. The first kappa shape index (κ1) is 20.8. The van der Waals surface area contributed by atoms with Crippen molar-refractivity contribution in [2.45, 2.75) is 44.7 Å². The van der Waals surface area contributed by atoms with Crippen LogP contribution in [0.1, 0.15) is 44.7 Å². The van der Waals surface area contributed by atoms with E-state index in [1.807, 2.05) is 19.9 Å². The summed E-state index contributed by atoms with van der Waals surface area (Å²) in [5.41, 5.74) is -0.394. The fourth-order valence-corrected chi connectivity index (χ4v) is 4.05. The molecule has 27 heavy (non-hydrogen) atoms. The molecule has 0 aromatic carbocycles. The first-order chi connectivity index (χ1) is 12.7. The van der Waals surface area contributed by atoms with Crippen LogP contribution in [-0.2, 0) is 14.4 Å². The number of likely N-dealkylation sites (tertiary alicyclic amines) is 1. The van der Waals surface area contributed by atoms with Gasteiger partial charge in [-0.25, -0.2) is 0 Å². The molecule has 3 N–H and O–H groups in total. The first-order valence-electron chi connectivity index (χ1n) is 9.05. The Balaban J connectivity index is 2.37. The summed E-state index contributed by atoms with van der Waals surface area (Å²) in [6.45, 7) is 3.92. The van der Waals surface area contributed by atoms with Crippen LogP contribution in [0.25, 0.3) is 0 Å². The van der Waals surface area contributed by atoms with Crippen LogP contribution in [0.4, 0.5) is 0 Å². The molecule has 2 heterocycles. The highest BCUT2D eigenvalue weighted by Crippen LogP contribution is 2.48. The zero-order valence-electron chi connectivity index (χ0n) is 15.9. The normalized spacial score (nSPS) is 25.5. The molecule has 0 bridgehead atoms. The number of rotatable bonds is 8. The van der Waals surface area contributed by atoms with Gasteiger partial charge in [0.2, 0.25) is 5.91 Å². The van der Waals surface area contributed by atoms with Gasteiger partial charge in [0, 0.05) is 25.0 Å². The standard InChI is InChI=1S/C19H27N3O5/c1-12(2)9-19(18(26)27)10-14(17(25)21-8-6-15(23)24)16(22(19)3)13-5-4-7-20-11-13/h4-5,7,11-12,14,16H,6,8-10H2,1-3H3,(H,21,25)(H,23,24)(H,26,27)/t14-,16-,19-/m0/s1. The van der Waals surface area contributed by atoms with Gasteiger partial charge in [-0.15, -0.1) is 0 Å². The third-order valence-corrected chi connectivity index (χ3v) is 5.18. The summed E-state index contributed by atoms with van der Waals surface area (Å²) in [4.78, 5) is 41.7. The van der Waals surface area contributed by atoms with Crippen molar-refractivity contribution in [1.29, 1.82) is 0 Å². The molecule has 1 aromatic heterocycles. The molecule has 1 amide bonds. The molecule has 1 aliphatic rings. The summed E-state index contributed by atoms with van der Waals surface area (Å²) in [6.07, 6.45) is 3.66. The fraction of sp³-hybridized carbons (Fsp3) is 0.579. The molecule has 3 atom stereocenters. The number of nitrogens with one attached hydrogen (secondary N) is 1. The number of hydrogen-bond acceptors (Lipinski definition) is 5. The van der Waals surface area contributed by atoms with Crippen molar-refractivity contribution in [3.05, 3.63) is 30.1 Å². The Morgan fingerprint density at radius 3 is 2.59 bits per heavy atom. The van der Waals surface area contributed by atoms with Crippen LogP contribution in [0.2, 0.25) is 0 Å². The van der Waals surface area contributed by atoms with E-state index in [1.165, 1.54) is 0 Å². The Hall–Kier alpha value is -2.48. The maximum atomic E-state index is 12.8. The van der Waals surface area contributed by atoms with Crippen LogP contribution in [0.5, 0.6) is 0 Å². The molecule has 0 aliphatic carbocycles. The first-order valence-corrected chi connectivity index (χ1v) is 9.05. The van der Waals surface area contributed by atoms with Crippen LogP contribution in [0.15, 0.2) is 24.5 Å². The largest absolute Gasteiger partial charge is 0.481 e. The predicted octanol–water partition coefficient (Wildman–Crippen LogP) is 1.53. The summed E-state index contributed by atoms with van der Waals surface area (Å²) >= 11 is 0. The van der Waals surface area contributed by atoms with Crippen LogP contribution in [0, 0.1) is 11.8 Å². The number of amides is 1. The molecule has 148 valence electrons. The maximum absolute atomic E-state index is 12.8. The van der Waals surface area contributed by atoms with E-state index in [1.54, 1.807) is 30.4 Å². The molecular weight excluding hydrogens is 350 g/mol. The number of carbonyl (C=O) groups is 3. The maximum Gasteiger partial charge on any atom is 0.324 e. The minimum Gasteiger partial charge on any atom is -0.481 e. The second-order valence-corrected chi connectivity index (χ2v) is 7.52. The van der Waals surface area contributed by atoms with Crippen molar-refractivity contribution in [1.82, 2.24) is 15.2 Å². The summed E-state index contributed by atoms with van der Waals surface area (Å²) in [7, 11) is 1.73. The number of aromatic nitrogens is 1. The number of nitrogens with zero attached hydrogens (tertiary/aromatic N) is 2. The minimum atomic E-state index is -1.16. The lowest BCUT2D eigenvalue weighted by Crippen LogP contribution is -2.50. The summed E-state index contributed by atoms with van der Waals surface area (Å²) in [6, 6.07) is 3.14. The lowest BCUT2D eigenvalue weighted by atomic mass is 9.83. The highest BCUT2D eigenvalue weighted by molar-refractivity contribution is 5.85. The predicted molar refractivity (Wildman–Crippen MR) is 97.9 cm³/mol. The monoisotopic (exact) mass is 377 g/mol. The van der Waals surface area contributed by atoms with Crippen LogP contribution in [0.3, 0.4) is 0 Å². The van der Waals surface area contributed by atoms with E-state index in [2.05, 4.69) is 10.3 Å². The molecule has 1 saturated heterocycles. The molecule has 1 aromatic rings. The second kappa shape index (κ2) is 8.47. The van der Waals surface area contributed by atoms with Crippen molar-refractivity contribution in [2.24, 2.45) is 11.8 Å². The highest BCUT2D eigenvalue weighted by atomic mass is 16.4. The number of likely N-dealkylation sites (N-methyl/N-ethyl adjacent to an activating group) is 1. The van der Waals surface area contributed by atoms with E-state index in [9.17, 15) is 19.5 Å². The number of carbonyl (C=O) groups excluding carboxylic acids is 1. The molecular formula is C19H27N3O5. The van der Waals surface area contributed by atoms with Gasteiger partial charge >= 0.3 is 11.9 Å². The average molecular weight is 377 g/mol. The van der Waals surface area contributed by atoms with Crippen molar-refractivity contribution in [3.63, 3.8) is 0 Å². The molecule has 0 radical (unpaired) electrons. The van der Waals surface area contributed by atoms with Gasteiger partial charge in [0.05, 0.1) is 12.3 Å². The van der Waals surface area contributed by atoms with Crippen molar-refractivity contribution >= 4 is 17.8 Å². The van der Waals surface area contributed by atoms with Gasteiger partial charge in [-0.1, -0.05) is 19.9 Å². The summed E-state index contributed by atoms with van der Waals surface area (Å²) in [5.74, 6) is -2.76. The van der Waals surface area contributed by atoms with E-state index in [4.69, 9.17) is 5.11 Å². The Kier molecular flexibility index (Phi) is 6.54. The molecule has 1 fully saturated rings.